The lowest BCUT2D eigenvalue weighted by molar-refractivity contribution is -0.193. The zero-order chi connectivity index (χ0) is 47.9. The Hall–Kier alpha value is -6.24. The number of piperidine rings is 1. The van der Waals surface area contributed by atoms with Gasteiger partial charge >= 0.3 is 30.4 Å². The number of benzene rings is 4. The number of alkyl halides is 6. The van der Waals surface area contributed by atoms with E-state index in [0.717, 1.165) is 39.0 Å². The number of likely N-dealkylation sites (tertiary alicyclic amines) is 1. The number of hydrogen-bond donors (Lipinski definition) is 8. The molecule has 0 saturated carbocycles. The van der Waals surface area contributed by atoms with Gasteiger partial charge in [0.2, 0.25) is 11.5 Å². The van der Waals surface area contributed by atoms with E-state index < -0.39 is 36.5 Å². The van der Waals surface area contributed by atoms with E-state index in [4.69, 9.17) is 24.5 Å². The first-order chi connectivity index (χ1) is 30.6. The molecule has 4 aromatic carbocycles. The molecular formula is C43H42F6IN5O10. The second-order valence-electron chi connectivity index (χ2n) is 14.1. The van der Waals surface area contributed by atoms with Crippen LogP contribution in [0.2, 0.25) is 0 Å². The van der Waals surface area contributed by atoms with Crippen LogP contribution in [0.3, 0.4) is 0 Å². The topological polar surface area (TPSA) is 231 Å². The molecule has 0 aliphatic carbocycles. The van der Waals surface area contributed by atoms with Crippen molar-refractivity contribution in [3.8, 4) is 16.9 Å². The first-order valence-corrected chi connectivity index (χ1v) is 20.5. The highest BCUT2D eigenvalue weighted by atomic mass is 127. The SMILES string of the molecule is O=C(CCN1CCC(OC(=O)Nc2ccccc2-c2ccccc2)CC1)Nc1ccc(CNC[C@H](O)c2ccc(O)c3[nH]c(=O)ccc23)cc1I.O=C(O)C(F)(F)F.O=C(O)C(F)(F)F. The summed E-state index contributed by atoms with van der Waals surface area (Å²) in [5.74, 6) is -5.64. The summed E-state index contributed by atoms with van der Waals surface area (Å²) in [6.45, 7) is 2.84. The van der Waals surface area contributed by atoms with Crippen molar-refractivity contribution in [3.05, 3.63) is 122 Å². The number of aromatic hydroxyl groups is 1. The zero-order valence-electron chi connectivity index (χ0n) is 33.9. The Labute approximate surface area is 379 Å². The number of fused-ring (bicyclic) bond motifs is 1. The summed E-state index contributed by atoms with van der Waals surface area (Å²) < 4.78 is 70.1. The van der Waals surface area contributed by atoms with Gasteiger partial charge in [-0.05, 0) is 82.5 Å². The van der Waals surface area contributed by atoms with E-state index in [9.17, 15) is 50.9 Å². The number of aliphatic carboxylic acids is 2. The zero-order valence-corrected chi connectivity index (χ0v) is 36.0. The van der Waals surface area contributed by atoms with Gasteiger partial charge in [0, 0.05) is 59.7 Å². The lowest BCUT2D eigenvalue weighted by Crippen LogP contribution is -2.39. The van der Waals surface area contributed by atoms with Gasteiger partial charge in [-0.15, -0.1) is 0 Å². The number of phenols is 1. The summed E-state index contributed by atoms with van der Waals surface area (Å²) in [5.41, 5.74) is 4.94. The number of aliphatic hydroxyl groups excluding tert-OH is 1. The van der Waals surface area contributed by atoms with Crippen LogP contribution in [0.1, 0.15) is 36.5 Å². The molecule has 0 unspecified atom stereocenters. The van der Waals surface area contributed by atoms with E-state index in [1.165, 1.54) is 12.1 Å². The Kier molecular flexibility index (Phi) is 18.7. The minimum atomic E-state index is -5.08. The van der Waals surface area contributed by atoms with Gasteiger partial charge < -0.3 is 45.7 Å². The molecule has 0 bridgehead atoms. The molecule has 6 rings (SSSR count). The normalized spacial score (nSPS) is 13.6. The van der Waals surface area contributed by atoms with Crippen LogP contribution in [-0.2, 0) is 25.7 Å². The summed E-state index contributed by atoms with van der Waals surface area (Å²) in [6, 6.07) is 29.4. The number of hydrogen-bond acceptors (Lipinski definition) is 10. The summed E-state index contributed by atoms with van der Waals surface area (Å²) >= 11 is 2.20. The van der Waals surface area contributed by atoms with E-state index >= 15 is 0 Å². The number of H-pyrrole nitrogens is 1. The second kappa shape index (κ2) is 23.6. The Morgan fingerprint density at radius 3 is 2.05 bits per heavy atom. The Bertz CT molecular complexity index is 2460. The molecule has 0 radical (unpaired) electrons. The summed E-state index contributed by atoms with van der Waals surface area (Å²) in [4.78, 5) is 59.9. The number of nitrogens with one attached hydrogen (secondary N) is 4. The Balaban J connectivity index is 0.000000572. The maximum atomic E-state index is 12.8. The second-order valence-corrected chi connectivity index (χ2v) is 15.3. The first kappa shape index (κ1) is 51.4. The maximum Gasteiger partial charge on any atom is 0.490 e. The molecule has 8 N–H and O–H groups in total. The van der Waals surface area contributed by atoms with E-state index in [2.05, 4.69) is 48.4 Å². The van der Waals surface area contributed by atoms with Gasteiger partial charge in [-0.25, -0.2) is 14.4 Å². The Morgan fingerprint density at radius 1 is 0.815 bits per heavy atom. The number of aromatic amines is 1. The fourth-order valence-electron chi connectivity index (χ4n) is 6.26. The molecule has 2 heterocycles. The minimum absolute atomic E-state index is 0.0521. The minimum Gasteiger partial charge on any atom is -0.506 e. The number of aliphatic hydroxyl groups is 1. The first-order valence-electron chi connectivity index (χ1n) is 19.4. The van der Waals surface area contributed by atoms with Crippen molar-refractivity contribution < 1.29 is 70.7 Å². The van der Waals surface area contributed by atoms with Crippen molar-refractivity contribution in [2.75, 3.05) is 36.8 Å². The molecule has 0 spiro atoms. The molecule has 1 atom stereocenters. The van der Waals surface area contributed by atoms with Crippen LogP contribution in [0.5, 0.6) is 5.75 Å². The molecule has 5 aromatic rings. The average Bonchev–Trinajstić information content (AvgIpc) is 3.25. The molecule has 65 heavy (non-hydrogen) atoms. The molecule has 348 valence electrons. The van der Waals surface area contributed by atoms with Crippen molar-refractivity contribution in [1.82, 2.24) is 15.2 Å². The van der Waals surface area contributed by atoms with Gasteiger partial charge in [0.05, 0.1) is 23.0 Å². The number of carboxylic acid groups (broad SMARTS) is 2. The summed E-state index contributed by atoms with van der Waals surface area (Å²) in [5, 5.41) is 44.9. The van der Waals surface area contributed by atoms with Crippen molar-refractivity contribution in [2.45, 2.75) is 50.4 Å². The Morgan fingerprint density at radius 2 is 1.43 bits per heavy atom. The quantitative estimate of drug-likeness (QED) is 0.0446. The molecule has 22 heteroatoms. The number of ether oxygens (including phenoxy) is 1. The summed E-state index contributed by atoms with van der Waals surface area (Å²) in [6.07, 6.45) is -9.93. The number of pyridine rings is 1. The number of phenolic OH excluding ortho intramolecular Hbond substituents is 1. The van der Waals surface area contributed by atoms with Crippen LogP contribution < -0.4 is 21.5 Å². The molecular weight excluding hydrogens is 987 g/mol. The smallest absolute Gasteiger partial charge is 0.490 e. The fourth-order valence-corrected chi connectivity index (χ4v) is 6.97. The predicted octanol–water partition coefficient (Wildman–Crippen LogP) is 7.64. The van der Waals surface area contributed by atoms with Gasteiger partial charge in [0.15, 0.2) is 0 Å². The van der Waals surface area contributed by atoms with Crippen molar-refractivity contribution in [2.24, 2.45) is 0 Å². The molecule has 1 aliphatic heterocycles. The van der Waals surface area contributed by atoms with Crippen LogP contribution >= 0.6 is 22.6 Å². The van der Waals surface area contributed by atoms with E-state index in [0.29, 0.717) is 54.5 Å². The van der Waals surface area contributed by atoms with Crippen molar-refractivity contribution in [1.29, 1.82) is 0 Å². The van der Waals surface area contributed by atoms with Crippen LogP contribution in [0.15, 0.2) is 102 Å². The predicted molar refractivity (Wildman–Crippen MR) is 234 cm³/mol. The third kappa shape index (κ3) is 16.4. The highest BCUT2D eigenvalue weighted by Crippen LogP contribution is 2.30. The van der Waals surface area contributed by atoms with Gasteiger partial charge in [-0.3, -0.25) is 14.9 Å². The molecule has 1 aliphatic rings. The number of halogens is 7. The number of aromatic nitrogens is 1. The lowest BCUT2D eigenvalue weighted by atomic mass is 10.0. The third-order valence-corrected chi connectivity index (χ3v) is 10.3. The van der Waals surface area contributed by atoms with Gasteiger partial charge in [-0.1, -0.05) is 60.7 Å². The number of para-hydroxylation sites is 1. The lowest BCUT2D eigenvalue weighted by Gasteiger charge is -2.31. The van der Waals surface area contributed by atoms with E-state index in [-0.39, 0.29) is 29.9 Å². The van der Waals surface area contributed by atoms with E-state index in [1.807, 2.05) is 72.8 Å². The third-order valence-electron chi connectivity index (χ3n) is 9.44. The number of carbonyl (C=O) groups is 4. The van der Waals surface area contributed by atoms with Crippen LogP contribution in [-0.4, -0.2) is 98.9 Å². The number of anilines is 2. The number of rotatable bonds is 12. The van der Waals surface area contributed by atoms with Crippen LogP contribution in [0.25, 0.3) is 22.0 Å². The average molecular weight is 1030 g/mol. The highest BCUT2D eigenvalue weighted by molar-refractivity contribution is 14.1. The monoisotopic (exact) mass is 1030 g/mol. The summed E-state index contributed by atoms with van der Waals surface area (Å²) in [7, 11) is 0. The maximum absolute atomic E-state index is 12.8. The molecule has 2 amide bonds. The molecule has 15 nitrogen and oxygen atoms in total. The number of carbonyl (C=O) groups excluding carboxylic acids is 2. The molecule has 1 aromatic heterocycles. The van der Waals surface area contributed by atoms with Gasteiger partial charge in [0.25, 0.3) is 0 Å². The fraction of sp³-hybridized carbons (Fsp3) is 0.279. The molecule has 1 fully saturated rings. The van der Waals surface area contributed by atoms with E-state index in [1.54, 1.807) is 12.1 Å². The van der Waals surface area contributed by atoms with Gasteiger partial charge in [-0.2, -0.15) is 26.3 Å². The van der Waals surface area contributed by atoms with Crippen LogP contribution in [0.4, 0.5) is 42.5 Å². The van der Waals surface area contributed by atoms with Crippen LogP contribution in [0, 0.1) is 3.57 Å². The molecule has 1 saturated heterocycles. The largest absolute Gasteiger partial charge is 0.506 e. The standard InChI is InChI=1S/C39H40IN5O6.2C2HF3O2/c40-31-22-25(23-41-24-35(47)29-11-14-34(46)38-30(29)12-15-36(48)44-38)10-13-33(31)42-37(49)18-21-45-19-16-27(17-20-45)51-39(50)43-32-9-5-4-8-28(32)26-6-2-1-3-7-26;2*3-2(4,5)1(6)7/h1-15,22,27,35,41,46-47H,16-21,23-24H2,(H,42,49)(H,43,50)(H,44,48);2*(H,6,7)/t35-;;/m0../s1. The number of nitrogens with zero attached hydrogens (tertiary/aromatic N) is 1. The highest BCUT2D eigenvalue weighted by Gasteiger charge is 2.39. The van der Waals surface area contributed by atoms with Crippen molar-refractivity contribution in [3.63, 3.8) is 0 Å². The van der Waals surface area contributed by atoms with Crippen molar-refractivity contribution >= 4 is 68.8 Å². The number of carboxylic acids is 2. The van der Waals surface area contributed by atoms with Gasteiger partial charge in [0.1, 0.15) is 11.9 Å². The number of amides is 2.